The molecule has 0 radical (unpaired) electrons. The van der Waals surface area contributed by atoms with Gasteiger partial charge in [0.1, 0.15) is 10.8 Å². The zero-order valence-corrected chi connectivity index (χ0v) is 14.6. The lowest BCUT2D eigenvalue weighted by atomic mass is 10.2. The molecule has 0 bridgehead atoms. The summed E-state index contributed by atoms with van der Waals surface area (Å²) in [6, 6.07) is 9.13. The molecule has 3 N–H and O–H groups in total. The zero-order valence-electron chi connectivity index (χ0n) is 13.8. The van der Waals surface area contributed by atoms with Crippen molar-refractivity contribution in [3.05, 3.63) is 52.4 Å². The molecule has 126 valence electrons. The molecule has 2 amide bonds. The third-order valence-electron chi connectivity index (χ3n) is 3.01. The van der Waals surface area contributed by atoms with E-state index >= 15 is 0 Å². The number of nitrogens with two attached hydrogens (primary N) is 1. The van der Waals surface area contributed by atoms with Gasteiger partial charge in [-0.2, -0.15) is 0 Å². The number of aryl methyl sites for hydroxylation is 1. The minimum atomic E-state index is -0.558. The summed E-state index contributed by atoms with van der Waals surface area (Å²) in [5.41, 5.74) is 6.48. The van der Waals surface area contributed by atoms with Gasteiger partial charge in [0, 0.05) is 11.0 Å². The lowest BCUT2D eigenvalue weighted by Gasteiger charge is -2.09. The Bertz CT molecular complexity index is 778. The van der Waals surface area contributed by atoms with Crippen LogP contribution in [0.15, 0.2) is 36.4 Å². The number of carbonyl (C=O) groups excluding carboxylic acids is 2. The van der Waals surface area contributed by atoms with Gasteiger partial charge in [-0.15, -0.1) is 11.3 Å². The fraction of sp³-hybridized carbons (Fsp3) is 0.222. The first kappa shape index (κ1) is 17.7. The Morgan fingerprint density at radius 1 is 1.29 bits per heavy atom. The molecule has 6 heteroatoms. The van der Waals surface area contributed by atoms with Crippen molar-refractivity contribution in [3.63, 3.8) is 0 Å². The summed E-state index contributed by atoms with van der Waals surface area (Å²) >= 11 is 1.32. The maximum Gasteiger partial charge on any atom is 0.251 e. The van der Waals surface area contributed by atoms with Gasteiger partial charge >= 0.3 is 0 Å². The topological polar surface area (TPSA) is 81.4 Å². The summed E-state index contributed by atoms with van der Waals surface area (Å²) in [5, 5.41) is 3.15. The van der Waals surface area contributed by atoms with Crippen molar-refractivity contribution in [2.75, 3.05) is 5.32 Å². The monoisotopic (exact) mass is 344 g/mol. The van der Waals surface area contributed by atoms with Crippen molar-refractivity contribution < 1.29 is 14.3 Å². The van der Waals surface area contributed by atoms with E-state index in [0.717, 1.165) is 16.2 Å². The molecule has 0 fully saturated rings. The molecule has 0 aliphatic heterocycles. The van der Waals surface area contributed by atoms with E-state index in [1.807, 2.05) is 45.0 Å². The minimum absolute atomic E-state index is 0.0850. The van der Waals surface area contributed by atoms with Gasteiger partial charge in [-0.1, -0.05) is 12.1 Å². The second-order valence-corrected chi connectivity index (χ2v) is 6.78. The van der Waals surface area contributed by atoms with E-state index in [2.05, 4.69) is 5.32 Å². The van der Waals surface area contributed by atoms with Gasteiger partial charge in [-0.3, -0.25) is 9.59 Å². The highest BCUT2D eigenvalue weighted by molar-refractivity contribution is 7.16. The van der Waals surface area contributed by atoms with E-state index in [-0.39, 0.29) is 12.0 Å². The standard InChI is InChI=1S/C18H20N2O3S/c1-11(2)23-14-6-4-5-13(10-14)7-8-16(21)20-18-15(17(19)22)9-12(3)24-18/h4-11H,1-3H3,(H2,19,22)(H,20,21)/b8-7+. The van der Waals surface area contributed by atoms with Crippen molar-refractivity contribution >= 4 is 34.2 Å². The predicted molar refractivity (Wildman–Crippen MR) is 97.4 cm³/mol. The second kappa shape index (κ2) is 7.79. The fourth-order valence-corrected chi connectivity index (χ4v) is 3.00. The Labute approximate surface area is 145 Å². The number of anilines is 1. The summed E-state index contributed by atoms with van der Waals surface area (Å²) < 4.78 is 5.62. The fourth-order valence-electron chi connectivity index (χ4n) is 2.08. The molecule has 0 spiro atoms. The molecule has 0 saturated heterocycles. The van der Waals surface area contributed by atoms with Crippen LogP contribution in [0.1, 0.15) is 34.6 Å². The summed E-state index contributed by atoms with van der Waals surface area (Å²) in [6.07, 6.45) is 3.18. The maximum absolute atomic E-state index is 12.1. The Kier molecular flexibility index (Phi) is 5.76. The van der Waals surface area contributed by atoms with Crippen LogP contribution in [0.3, 0.4) is 0 Å². The summed E-state index contributed by atoms with van der Waals surface area (Å²) in [5.74, 6) is -0.135. The van der Waals surface area contributed by atoms with Crippen molar-refractivity contribution in [2.45, 2.75) is 26.9 Å². The molecule has 2 rings (SSSR count). The van der Waals surface area contributed by atoms with Crippen LogP contribution in [0.2, 0.25) is 0 Å². The van der Waals surface area contributed by atoms with Crippen molar-refractivity contribution in [2.24, 2.45) is 5.73 Å². The first-order chi connectivity index (χ1) is 11.3. The lowest BCUT2D eigenvalue weighted by molar-refractivity contribution is -0.111. The summed E-state index contributed by atoms with van der Waals surface area (Å²) in [4.78, 5) is 24.3. The van der Waals surface area contributed by atoms with Gasteiger partial charge in [-0.25, -0.2) is 0 Å². The van der Waals surface area contributed by atoms with E-state index in [4.69, 9.17) is 10.5 Å². The molecule has 1 aromatic heterocycles. The molecule has 0 aliphatic rings. The van der Waals surface area contributed by atoms with Gasteiger partial charge in [-0.05, 0) is 50.6 Å². The van der Waals surface area contributed by atoms with E-state index in [1.54, 1.807) is 12.1 Å². The molecule has 0 aliphatic carbocycles. The predicted octanol–water partition coefficient (Wildman–Crippen LogP) is 3.59. The van der Waals surface area contributed by atoms with Gasteiger partial charge < -0.3 is 15.8 Å². The largest absolute Gasteiger partial charge is 0.491 e. The molecular weight excluding hydrogens is 324 g/mol. The van der Waals surface area contributed by atoms with E-state index < -0.39 is 5.91 Å². The quantitative estimate of drug-likeness (QED) is 0.786. The SMILES string of the molecule is Cc1cc(C(N)=O)c(NC(=O)/C=C/c2cccc(OC(C)C)c2)s1. The Balaban J connectivity index is 2.07. The Morgan fingerprint density at radius 2 is 2.04 bits per heavy atom. The first-order valence-corrected chi connectivity index (χ1v) is 8.33. The molecule has 0 saturated carbocycles. The van der Waals surface area contributed by atoms with Crippen molar-refractivity contribution in [1.82, 2.24) is 0 Å². The third kappa shape index (κ3) is 4.96. The van der Waals surface area contributed by atoms with Crippen LogP contribution in [0.5, 0.6) is 5.75 Å². The average molecular weight is 344 g/mol. The number of ether oxygens (including phenoxy) is 1. The maximum atomic E-state index is 12.1. The van der Waals surface area contributed by atoms with Gasteiger partial charge in [0.25, 0.3) is 5.91 Å². The molecule has 0 atom stereocenters. The molecule has 0 unspecified atom stereocenters. The van der Waals surface area contributed by atoms with Crippen LogP contribution in [0.4, 0.5) is 5.00 Å². The Hall–Kier alpha value is -2.60. The molecule has 1 aromatic carbocycles. The smallest absolute Gasteiger partial charge is 0.251 e. The first-order valence-electron chi connectivity index (χ1n) is 7.51. The number of hydrogen-bond donors (Lipinski definition) is 2. The minimum Gasteiger partial charge on any atom is -0.491 e. The summed E-state index contributed by atoms with van der Waals surface area (Å²) in [6.45, 7) is 5.76. The van der Waals surface area contributed by atoms with Crippen LogP contribution < -0.4 is 15.8 Å². The highest BCUT2D eigenvalue weighted by atomic mass is 32.1. The number of carbonyl (C=O) groups is 2. The molecule has 24 heavy (non-hydrogen) atoms. The van der Waals surface area contributed by atoms with Crippen LogP contribution in [0, 0.1) is 6.92 Å². The summed E-state index contributed by atoms with van der Waals surface area (Å²) in [7, 11) is 0. The molecule has 5 nitrogen and oxygen atoms in total. The van der Waals surface area contributed by atoms with E-state index in [0.29, 0.717) is 10.6 Å². The number of primary amides is 1. The highest BCUT2D eigenvalue weighted by Crippen LogP contribution is 2.27. The Morgan fingerprint density at radius 3 is 2.71 bits per heavy atom. The van der Waals surface area contributed by atoms with Crippen LogP contribution in [-0.4, -0.2) is 17.9 Å². The van der Waals surface area contributed by atoms with Gasteiger partial charge in [0.2, 0.25) is 5.91 Å². The van der Waals surface area contributed by atoms with E-state index in [1.165, 1.54) is 17.4 Å². The van der Waals surface area contributed by atoms with Crippen molar-refractivity contribution in [1.29, 1.82) is 0 Å². The highest BCUT2D eigenvalue weighted by Gasteiger charge is 2.13. The average Bonchev–Trinajstić information content (AvgIpc) is 2.86. The van der Waals surface area contributed by atoms with Crippen LogP contribution in [0.25, 0.3) is 6.08 Å². The number of rotatable bonds is 6. The number of thiophene rings is 1. The van der Waals surface area contributed by atoms with E-state index in [9.17, 15) is 9.59 Å². The number of nitrogens with one attached hydrogen (secondary N) is 1. The molecular formula is C18H20N2O3S. The second-order valence-electron chi connectivity index (χ2n) is 5.53. The normalized spacial score (nSPS) is 11.0. The van der Waals surface area contributed by atoms with Crippen LogP contribution >= 0.6 is 11.3 Å². The lowest BCUT2D eigenvalue weighted by Crippen LogP contribution is -2.14. The van der Waals surface area contributed by atoms with Gasteiger partial charge in [0.05, 0.1) is 11.7 Å². The third-order valence-corrected chi connectivity index (χ3v) is 3.98. The number of hydrogen-bond acceptors (Lipinski definition) is 4. The number of benzene rings is 1. The molecule has 2 aromatic rings. The van der Waals surface area contributed by atoms with Gasteiger partial charge in [0.15, 0.2) is 0 Å². The zero-order chi connectivity index (χ0) is 17.7. The molecule has 1 heterocycles. The number of amides is 2. The van der Waals surface area contributed by atoms with Crippen LogP contribution in [-0.2, 0) is 4.79 Å². The van der Waals surface area contributed by atoms with Crippen molar-refractivity contribution in [3.8, 4) is 5.75 Å².